The lowest BCUT2D eigenvalue weighted by Crippen LogP contribution is -2.02. The summed E-state index contributed by atoms with van der Waals surface area (Å²) in [4.78, 5) is 9.26. The highest BCUT2D eigenvalue weighted by Crippen LogP contribution is 2.28. The van der Waals surface area contributed by atoms with E-state index in [9.17, 15) is 0 Å². The van der Waals surface area contributed by atoms with Gasteiger partial charge in [0.15, 0.2) is 0 Å². The Morgan fingerprint density at radius 2 is 1.39 bits per heavy atom. The first-order valence-corrected chi connectivity index (χ1v) is 6.30. The summed E-state index contributed by atoms with van der Waals surface area (Å²) in [7, 11) is 0. The van der Waals surface area contributed by atoms with Crippen LogP contribution in [-0.4, -0.2) is 9.97 Å². The molecule has 2 rings (SSSR count). The number of aromatic nitrogens is 2. The first-order valence-electron chi connectivity index (χ1n) is 6.30. The molecule has 0 aromatic carbocycles. The van der Waals surface area contributed by atoms with Crippen LogP contribution < -0.4 is 0 Å². The molecule has 2 aromatic heterocycles. The summed E-state index contributed by atoms with van der Waals surface area (Å²) in [5.41, 5.74) is 9.44. The van der Waals surface area contributed by atoms with E-state index in [4.69, 9.17) is 4.98 Å². The van der Waals surface area contributed by atoms with Crippen LogP contribution in [0, 0.1) is 41.5 Å². The summed E-state index contributed by atoms with van der Waals surface area (Å²) in [5.74, 6) is 0. The van der Waals surface area contributed by atoms with Crippen LogP contribution in [0.5, 0.6) is 0 Å². The number of hydrogen-bond donors (Lipinski definition) is 0. The summed E-state index contributed by atoms with van der Waals surface area (Å²) >= 11 is 0. The minimum absolute atomic E-state index is 1.01. The molecular weight excluding hydrogens is 220 g/mol. The highest BCUT2D eigenvalue weighted by molar-refractivity contribution is 5.66. The Labute approximate surface area is 109 Å². The van der Waals surface area contributed by atoms with Gasteiger partial charge >= 0.3 is 0 Å². The minimum Gasteiger partial charge on any atom is -0.254 e. The van der Waals surface area contributed by atoms with Gasteiger partial charge in [0, 0.05) is 11.9 Å². The van der Waals surface area contributed by atoms with Gasteiger partial charge in [0.05, 0.1) is 11.4 Å². The largest absolute Gasteiger partial charge is 0.254 e. The Balaban J connectivity index is 2.76. The lowest BCUT2D eigenvalue weighted by molar-refractivity contribution is 1.07. The maximum atomic E-state index is 4.74. The standard InChI is InChI=1S/C16H20N2/c1-9-7-8-17-15(10(9)2)16-13(5)11(3)12(4)14(6)18-16/h7-8H,1-6H3. The summed E-state index contributed by atoms with van der Waals surface area (Å²) < 4.78 is 0. The van der Waals surface area contributed by atoms with Gasteiger partial charge in [-0.2, -0.15) is 0 Å². The van der Waals surface area contributed by atoms with Gasteiger partial charge in [-0.15, -0.1) is 0 Å². The third kappa shape index (κ3) is 1.92. The van der Waals surface area contributed by atoms with Crippen molar-refractivity contribution in [2.45, 2.75) is 41.5 Å². The van der Waals surface area contributed by atoms with Crippen molar-refractivity contribution in [3.05, 3.63) is 45.8 Å². The van der Waals surface area contributed by atoms with Gasteiger partial charge in [-0.1, -0.05) is 0 Å². The molecule has 0 fully saturated rings. The highest BCUT2D eigenvalue weighted by Gasteiger charge is 2.14. The van der Waals surface area contributed by atoms with Gasteiger partial charge in [0.25, 0.3) is 0 Å². The van der Waals surface area contributed by atoms with Crippen molar-refractivity contribution in [2.75, 3.05) is 0 Å². The van der Waals surface area contributed by atoms with Crippen LogP contribution in [-0.2, 0) is 0 Å². The number of rotatable bonds is 1. The van der Waals surface area contributed by atoms with Crippen molar-refractivity contribution in [3.8, 4) is 11.4 Å². The lowest BCUT2D eigenvalue weighted by Gasteiger charge is -2.14. The average Bonchev–Trinajstić information content (AvgIpc) is 2.35. The van der Waals surface area contributed by atoms with E-state index in [1.807, 2.05) is 12.3 Å². The average molecular weight is 240 g/mol. The van der Waals surface area contributed by atoms with Crippen LogP contribution in [0.3, 0.4) is 0 Å². The number of aryl methyl sites for hydroxylation is 2. The topological polar surface area (TPSA) is 25.8 Å². The molecule has 0 saturated heterocycles. The predicted molar refractivity (Wildman–Crippen MR) is 75.9 cm³/mol. The van der Waals surface area contributed by atoms with E-state index < -0.39 is 0 Å². The number of hydrogen-bond acceptors (Lipinski definition) is 2. The van der Waals surface area contributed by atoms with E-state index in [2.05, 4.69) is 46.5 Å². The second-order valence-corrected chi connectivity index (χ2v) is 5.02. The molecular formula is C16H20N2. The Hall–Kier alpha value is -1.70. The maximum absolute atomic E-state index is 4.74. The van der Waals surface area contributed by atoms with Crippen molar-refractivity contribution in [1.82, 2.24) is 9.97 Å². The summed E-state index contributed by atoms with van der Waals surface area (Å²) in [5, 5.41) is 0. The van der Waals surface area contributed by atoms with Crippen molar-refractivity contribution in [1.29, 1.82) is 0 Å². The fourth-order valence-electron chi connectivity index (χ4n) is 2.17. The minimum atomic E-state index is 1.01. The van der Waals surface area contributed by atoms with Crippen LogP contribution in [0.15, 0.2) is 12.3 Å². The molecule has 0 aliphatic heterocycles. The van der Waals surface area contributed by atoms with Crippen LogP contribution in [0.2, 0.25) is 0 Å². The predicted octanol–water partition coefficient (Wildman–Crippen LogP) is 3.99. The van der Waals surface area contributed by atoms with E-state index in [0.29, 0.717) is 0 Å². The van der Waals surface area contributed by atoms with E-state index in [0.717, 1.165) is 17.1 Å². The van der Waals surface area contributed by atoms with Crippen LogP contribution in [0.25, 0.3) is 11.4 Å². The van der Waals surface area contributed by atoms with Crippen molar-refractivity contribution in [3.63, 3.8) is 0 Å². The van der Waals surface area contributed by atoms with Crippen LogP contribution >= 0.6 is 0 Å². The lowest BCUT2D eigenvalue weighted by atomic mass is 9.97. The van der Waals surface area contributed by atoms with E-state index in [-0.39, 0.29) is 0 Å². The van der Waals surface area contributed by atoms with Gasteiger partial charge in [0.2, 0.25) is 0 Å². The summed E-state index contributed by atoms with van der Waals surface area (Å²) in [6.07, 6.45) is 1.86. The van der Waals surface area contributed by atoms with Crippen molar-refractivity contribution < 1.29 is 0 Å². The van der Waals surface area contributed by atoms with Crippen LogP contribution in [0.4, 0.5) is 0 Å². The van der Waals surface area contributed by atoms with Gasteiger partial charge in [-0.25, -0.2) is 0 Å². The Morgan fingerprint density at radius 1 is 0.722 bits per heavy atom. The molecule has 0 radical (unpaired) electrons. The smallest absolute Gasteiger partial charge is 0.0924 e. The molecule has 0 unspecified atom stereocenters. The fourth-order valence-corrected chi connectivity index (χ4v) is 2.17. The Morgan fingerprint density at radius 3 is 2.06 bits per heavy atom. The SMILES string of the molecule is Cc1ccnc(-c2nc(C)c(C)c(C)c2C)c1C. The summed E-state index contributed by atoms with van der Waals surface area (Å²) in [6.45, 7) is 12.7. The molecule has 0 bridgehead atoms. The zero-order valence-corrected chi connectivity index (χ0v) is 12.0. The maximum Gasteiger partial charge on any atom is 0.0924 e. The molecule has 0 spiro atoms. The van der Waals surface area contributed by atoms with E-state index in [1.165, 1.54) is 27.8 Å². The molecule has 2 nitrogen and oxygen atoms in total. The zero-order valence-electron chi connectivity index (χ0n) is 12.0. The van der Waals surface area contributed by atoms with Gasteiger partial charge in [0.1, 0.15) is 0 Å². The fraction of sp³-hybridized carbons (Fsp3) is 0.375. The molecule has 0 atom stereocenters. The first kappa shape index (κ1) is 12.7. The molecule has 0 N–H and O–H groups in total. The molecule has 2 heteroatoms. The quantitative estimate of drug-likeness (QED) is 0.753. The second-order valence-electron chi connectivity index (χ2n) is 5.02. The Bertz CT molecular complexity index is 613. The summed E-state index contributed by atoms with van der Waals surface area (Å²) in [6, 6.07) is 2.04. The van der Waals surface area contributed by atoms with Gasteiger partial charge in [-0.3, -0.25) is 9.97 Å². The first-order chi connectivity index (χ1) is 8.43. The normalized spacial score (nSPS) is 10.8. The van der Waals surface area contributed by atoms with Crippen LogP contribution in [0.1, 0.15) is 33.5 Å². The zero-order chi connectivity index (χ0) is 13.4. The Kier molecular flexibility index (Phi) is 3.20. The van der Waals surface area contributed by atoms with Gasteiger partial charge in [-0.05, 0) is 75.4 Å². The monoisotopic (exact) mass is 240 g/mol. The number of pyridine rings is 2. The number of nitrogens with zero attached hydrogens (tertiary/aromatic N) is 2. The molecule has 0 saturated carbocycles. The molecule has 0 amide bonds. The second kappa shape index (κ2) is 4.52. The van der Waals surface area contributed by atoms with Gasteiger partial charge < -0.3 is 0 Å². The third-order valence-corrected chi connectivity index (χ3v) is 4.00. The van der Waals surface area contributed by atoms with E-state index in [1.54, 1.807) is 0 Å². The highest BCUT2D eigenvalue weighted by atomic mass is 14.8. The molecule has 2 aromatic rings. The molecule has 2 heterocycles. The van der Waals surface area contributed by atoms with Crippen molar-refractivity contribution >= 4 is 0 Å². The van der Waals surface area contributed by atoms with Crippen molar-refractivity contribution in [2.24, 2.45) is 0 Å². The molecule has 0 aliphatic rings. The third-order valence-electron chi connectivity index (χ3n) is 4.00. The molecule has 0 aliphatic carbocycles. The molecule has 94 valence electrons. The molecule has 18 heavy (non-hydrogen) atoms. The van der Waals surface area contributed by atoms with E-state index >= 15 is 0 Å².